The highest BCUT2D eigenvalue weighted by molar-refractivity contribution is 5.94. The summed E-state index contributed by atoms with van der Waals surface area (Å²) in [7, 11) is 0. The van der Waals surface area contributed by atoms with Crippen LogP contribution in [-0.2, 0) is 0 Å². The number of hydrogen-bond acceptors (Lipinski definition) is 4. The van der Waals surface area contributed by atoms with Crippen molar-refractivity contribution in [2.24, 2.45) is 11.3 Å². The minimum atomic E-state index is -4.80. The lowest BCUT2D eigenvalue weighted by molar-refractivity contribution is -0.274. The van der Waals surface area contributed by atoms with Gasteiger partial charge < -0.3 is 19.7 Å². The number of hydrogen-bond donors (Lipinski definition) is 2. The molecular weight excluding hydrogens is 454 g/mol. The lowest BCUT2D eigenvalue weighted by Crippen LogP contribution is -2.29. The predicted octanol–water partition coefficient (Wildman–Crippen LogP) is 6.90. The van der Waals surface area contributed by atoms with Crippen LogP contribution in [0.1, 0.15) is 56.4 Å². The van der Waals surface area contributed by atoms with Crippen molar-refractivity contribution in [3.63, 3.8) is 0 Å². The Bertz CT molecular complexity index is 1220. The van der Waals surface area contributed by atoms with Crippen molar-refractivity contribution in [2.75, 3.05) is 5.32 Å². The third-order valence-corrected chi connectivity index (χ3v) is 6.10. The van der Waals surface area contributed by atoms with Crippen LogP contribution in [0.15, 0.2) is 36.4 Å². The molecule has 1 aromatic heterocycles. The standard InChI is InChI=1S/C24H25F4N3O3/c1-13-10-15(12-23(2,3)11-13)31-18-9-8-17(21(32)33)19(25)20(18)30-22(31)29-14-4-6-16(7-5-14)34-24(26,27)28/h4-9,13,15H,10-12H2,1-3H3,(H,29,30)(H,32,33). The quantitative estimate of drug-likeness (QED) is 0.389. The average molecular weight is 479 g/mol. The third kappa shape index (κ3) is 4.95. The SMILES string of the molecule is CC1CC(n2c(Nc3ccc(OC(F)(F)F)cc3)nc3c(F)c(C(=O)O)ccc32)CC(C)(C)C1. The molecule has 1 fully saturated rings. The van der Waals surface area contributed by atoms with E-state index in [0.29, 0.717) is 17.1 Å². The van der Waals surface area contributed by atoms with E-state index in [-0.39, 0.29) is 28.7 Å². The van der Waals surface area contributed by atoms with Crippen molar-refractivity contribution in [1.82, 2.24) is 9.55 Å². The summed E-state index contributed by atoms with van der Waals surface area (Å²) in [5, 5.41) is 12.4. The van der Waals surface area contributed by atoms with Crippen LogP contribution in [-0.4, -0.2) is 27.0 Å². The van der Waals surface area contributed by atoms with Gasteiger partial charge in [0.25, 0.3) is 0 Å². The lowest BCUT2D eigenvalue weighted by Gasteiger charge is -2.40. The molecular formula is C24H25F4N3O3. The fraction of sp³-hybridized carbons (Fsp3) is 0.417. The number of ether oxygens (including phenoxy) is 1. The molecule has 0 amide bonds. The zero-order valence-electron chi connectivity index (χ0n) is 18.9. The Morgan fingerprint density at radius 2 is 1.85 bits per heavy atom. The average Bonchev–Trinajstić information content (AvgIpc) is 3.06. The van der Waals surface area contributed by atoms with Gasteiger partial charge in [-0.15, -0.1) is 13.2 Å². The Morgan fingerprint density at radius 1 is 1.18 bits per heavy atom. The molecule has 2 aromatic carbocycles. The molecule has 0 spiro atoms. The van der Waals surface area contributed by atoms with Gasteiger partial charge in [-0.3, -0.25) is 0 Å². The van der Waals surface area contributed by atoms with Gasteiger partial charge in [0, 0.05) is 11.7 Å². The number of aromatic nitrogens is 2. The van der Waals surface area contributed by atoms with Crippen molar-refractivity contribution in [3.8, 4) is 5.75 Å². The number of carboxylic acids is 1. The molecule has 2 N–H and O–H groups in total. The number of rotatable bonds is 5. The Morgan fingerprint density at radius 3 is 2.44 bits per heavy atom. The fourth-order valence-corrected chi connectivity index (χ4v) is 5.11. The number of benzene rings is 2. The first-order chi connectivity index (χ1) is 15.8. The van der Waals surface area contributed by atoms with Crippen LogP contribution in [0.5, 0.6) is 5.75 Å². The van der Waals surface area contributed by atoms with Crippen LogP contribution < -0.4 is 10.1 Å². The number of carbonyl (C=O) groups is 1. The lowest BCUT2D eigenvalue weighted by atomic mass is 9.70. The van der Waals surface area contributed by atoms with Gasteiger partial charge in [-0.1, -0.05) is 20.8 Å². The van der Waals surface area contributed by atoms with Gasteiger partial charge >= 0.3 is 12.3 Å². The molecule has 182 valence electrons. The fourth-order valence-electron chi connectivity index (χ4n) is 5.11. The van der Waals surface area contributed by atoms with Gasteiger partial charge in [0.05, 0.1) is 11.1 Å². The van der Waals surface area contributed by atoms with Gasteiger partial charge in [-0.2, -0.15) is 0 Å². The first-order valence-corrected chi connectivity index (χ1v) is 10.9. The molecule has 6 nitrogen and oxygen atoms in total. The number of aromatic carboxylic acids is 1. The van der Waals surface area contributed by atoms with Crippen LogP contribution in [0, 0.1) is 17.2 Å². The van der Waals surface area contributed by atoms with E-state index in [9.17, 15) is 23.1 Å². The topological polar surface area (TPSA) is 76.4 Å². The summed E-state index contributed by atoms with van der Waals surface area (Å²) in [5.74, 6) is -2.00. The highest BCUT2D eigenvalue weighted by atomic mass is 19.4. The molecule has 2 unspecified atom stereocenters. The van der Waals surface area contributed by atoms with Crippen LogP contribution >= 0.6 is 0 Å². The van der Waals surface area contributed by atoms with Crippen molar-refractivity contribution >= 4 is 28.6 Å². The molecule has 2 atom stereocenters. The largest absolute Gasteiger partial charge is 0.573 e. The summed E-state index contributed by atoms with van der Waals surface area (Å²) in [5.41, 5.74) is 0.363. The first-order valence-electron chi connectivity index (χ1n) is 10.9. The third-order valence-electron chi connectivity index (χ3n) is 6.10. The van der Waals surface area contributed by atoms with Gasteiger partial charge in [0.15, 0.2) is 5.82 Å². The van der Waals surface area contributed by atoms with Gasteiger partial charge in [-0.05, 0) is 67.0 Å². The molecule has 1 aliphatic rings. The smallest absolute Gasteiger partial charge is 0.478 e. The van der Waals surface area contributed by atoms with Crippen molar-refractivity contribution in [2.45, 2.75) is 52.4 Å². The predicted molar refractivity (Wildman–Crippen MR) is 119 cm³/mol. The number of nitrogens with one attached hydrogen (secondary N) is 1. The maximum absolute atomic E-state index is 15.1. The highest BCUT2D eigenvalue weighted by Gasteiger charge is 2.35. The Kier molecular flexibility index (Phi) is 5.95. The normalized spacial score (nSPS) is 20.3. The molecule has 1 saturated carbocycles. The molecule has 10 heteroatoms. The zero-order chi connectivity index (χ0) is 24.8. The van der Waals surface area contributed by atoms with E-state index in [1.807, 2.05) is 4.57 Å². The molecule has 34 heavy (non-hydrogen) atoms. The van der Waals surface area contributed by atoms with E-state index in [1.54, 1.807) is 6.07 Å². The van der Waals surface area contributed by atoms with Gasteiger partial charge in [0.2, 0.25) is 5.95 Å². The number of halogens is 4. The second kappa shape index (κ2) is 8.48. The molecule has 0 radical (unpaired) electrons. The highest BCUT2D eigenvalue weighted by Crippen LogP contribution is 2.46. The van der Waals surface area contributed by atoms with Gasteiger partial charge in [0.1, 0.15) is 11.3 Å². The van der Waals surface area contributed by atoms with Crippen molar-refractivity contribution < 1.29 is 32.2 Å². The molecule has 0 saturated heterocycles. The Hall–Kier alpha value is -3.30. The number of fused-ring (bicyclic) bond motifs is 1. The molecule has 1 heterocycles. The van der Waals surface area contributed by atoms with Gasteiger partial charge in [-0.25, -0.2) is 14.2 Å². The van der Waals surface area contributed by atoms with E-state index in [0.717, 1.165) is 31.4 Å². The maximum Gasteiger partial charge on any atom is 0.573 e. The zero-order valence-corrected chi connectivity index (χ0v) is 18.9. The van der Waals surface area contributed by atoms with E-state index >= 15 is 4.39 Å². The summed E-state index contributed by atoms with van der Waals surface area (Å²) >= 11 is 0. The molecule has 1 aliphatic carbocycles. The van der Waals surface area contributed by atoms with Crippen molar-refractivity contribution in [3.05, 3.63) is 47.8 Å². The number of nitrogens with zero attached hydrogens (tertiary/aromatic N) is 2. The molecule has 0 bridgehead atoms. The Labute approximate surface area is 193 Å². The summed E-state index contributed by atoms with van der Waals surface area (Å²) in [6.45, 7) is 6.50. The van der Waals surface area contributed by atoms with E-state index < -0.39 is 23.7 Å². The second-order valence-electron chi connectivity index (χ2n) is 9.67. The van der Waals surface area contributed by atoms with Crippen molar-refractivity contribution in [1.29, 1.82) is 0 Å². The number of imidazole rings is 1. The minimum Gasteiger partial charge on any atom is -0.478 e. The van der Waals surface area contributed by atoms with Crippen LogP contribution in [0.25, 0.3) is 11.0 Å². The van der Waals surface area contributed by atoms with E-state index in [1.165, 1.54) is 18.2 Å². The molecule has 3 aromatic rings. The Balaban J connectivity index is 1.78. The van der Waals surface area contributed by atoms with Crippen LogP contribution in [0.2, 0.25) is 0 Å². The summed E-state index contributed by atoms with van der Waals surface area (Å²) in [6.07, 6.45) is -2.13. The van der Waals surface area contributed by atoms with Crippen LogP contribution in [0.4, 0.5) is 29.2 Å². The summed E-state index contributed by atoms with van der Waals surface area (Å²) in [6, 6.07) is 7.87. The summed E-state index contributed by atoms with van der Waals surface area (Å²) < 4.78 is 58.2. The first kappa shape index (κ1) is 23.8. The minimum absolute atomic E-state index is 0.0332. The molecule has 0 aliphatic heterocycles. The van der Waals surface area contributed by atoms with Crippen LogP contribution in [0.3, 0.4) is 0 Å². The summed E-state index contributed by atoms with van der Waals surface area (Å²) in [4.78, 5) is 15.8. The monoisotopic (exact) mass is 479 g/mol. The number of alkyl halides is 3. The number of carboxylic acid groups (broad SMARTS) is 1. The molecule has 4 rings (SSSR count). The second-order valence-corrected chi connectivity index (χ2v) is 9.67. The van der Waals surface area contributed by atoms with E-state index in [2.05, 4.69) is 35.8 Å². The number of anilines is 2. The van der Waals surface area contributed by atoms with E-state index in [4.69, 9.17) is 0 Å². The maximum atomic E-state index is 15.1.